The number of nitrogens with zero attached hydrogens (tertiary/aromatic N) is 3. The molecule has 2 aliphatic heterocycles. The van der Waals surface area contributed by atoms with Gasteiger partial charge < -0.3 is 14.5 Å². The van der Waals surface area contributed by atoms with Crippen LogP contribution < -0.4 is 13.9 Å². The van der Waals surface area contributed by atoms with Crippen LogP contribution in [0.25, 0.3) is 0 Å². The summed E-state index contributed by atoms with van der Waals surface area (Å²) in [7, 11) is -3.63. The molecule has 1 unspecified atom stereocenters. The smallest absolute Gasteiger partial charge is 0.416 e. The fourth-order valence-electron chi connectivity index (χ4n) is 4.07. The van der Waals surface area contributed by atoms with Gasteiger partial charge >= 0.3 is 6.18 Å². The number of carbonyl (C=O) groups excluding carboxylic acids is 1. The first-order chi connectivity index (χ1) is 15.4. The van der Waals surface area contributed by atoms with Crippen LogP contribution in [0.2, 0.25) is 0 Å². The Morgan fingerprint density at radius 3 is 2.39 bits per heavy atom. The molecule has 7 nitrogen and oxygen atoms in total. The molecule has 11 heteroatoms. The summed E-state index contributed by atoms with van der Waals surface area (Å²) in [4.78, 5) is 16.5. The summed E-state index contributed by atoms with van der Waals surface area (Å²) in [5, 5.41) is 0. The van der Waals surface area contributed by atoms with Crippen molar-refractivity contribution in [1.82, 2.24) is 4.90 Å². The lowest BCUT2D eigenvalue weighted by molar-refractivity contribution is -0.139. The fraction of sp³-hybridized carbons (Fsp3) is 0.409. The van der Waals surface area contributed by atoms with Gasteiger partial charge in [0, 0.05) is 31.9 Å². The van der Waals surface area contributed by atoms with Crippen LogP contribution in [0.15, 0.2) is 42.5 Å². The fourth-order valence-corrected chi connectivity index (χ4v) is 4.98. The molecule has 2 aromatic carbocycles. The van der Waals surface area contributed by atoms with Crippen LogP contribution in [0.5, 0.6) is 5.75 Å². The minimum atomic E-state index is -4.42. The number of hydrogen-bond acceptors (Lipinski definition) is 5. The summed E-state index contributed by atoms with van der Waals surface area (Å²) < 4.78 is 70.8. The third kappa shape index (κ3) is 4.87. The van der Waals surface area contributed by atoms with Crippen LogP contribution in [-0.2, 0) is 21.0 Å². The van der Waals surface area contributed by atoms with Gasteiger partial charge in [-0.05, 0) is 42.8 Å². The second-order valence-electron chi connectivity index (χ2n) is 8.23. The van der Waals surface area contributed by atoms with Crippen LogP contribution in [-0.4, -0.2) is 64.3 Å². The Balaban J connectivity index is 1.46. The van der Waals surface area contributed by atoms with Gasteiger partial charge in [-0.1, -0.05) is 12.1 Å². The van der Waals surface area contributed by atoms with Gasteiger partial charge in [-0.3, -0.25) is 9.10 Å². The second-order valence-corrected chi connectivity index (χ2v) is 10.1. The summed E-state index contributed by atoms with van der Waals surface area (Å²) in [6.07, 6.45) is -4.35. The lowest BCUT2D eigenvalue weighted by atomic mass is 10.1. The van der Waals surface area contributed by atoms with Crippen LogP contribution >= 0.6 is 0 Å². The van der Waals surface area contributed by atoms with Crippen molar-refractivity contribution in [2.24, 2.45) is 0 Å². The lowest BCUT2D eigenvalue weighted by Crippen LogP contribution is -2.56. The highest BCUT2D eigenvalue weighted by molar-refractivity contribution is 7.92. The molecule has 1 atom stereocenters. The quantitative estimate of drug-likeness (QED) is 0.672. The number of carbonyl (C=O) groups is 1. The number of aryl methyl sites for hydroxylation is 1. The first-order valence-electron chi connectivity index (χ1n) is 10.4. The molecule has 1 saturated heterocycles. The normalized spacial score (nSPS) is 19.2. The monoisotopic (exact) mass is 483 g/mol. The predicted molar refractivity (Wildman–Crippen MR) is 118 cm³/mol. The van der Waals surface area contributed by atoms with E-state index in [-0.39, 0.29) is 25.5 Å². The van der Waals surface area contributed by atoms with Crippen molar-refractivity contribution in [1.29, 1.82) is 0 Å². The molecule has 1 fully saturated rings. The average Bonchev–Trinajstić information content (AvgIpc) is 2.77. The second kappa shape index (κ2) is 8.44. The van der Waals surface area contributed by atoms with E-state index < -0.39 is 27.9 Å². The standard InChI is InChI=1S/C22H24F3N3O4S/c1-15-6-7-19-18(12-15)28(33(2,30)31)14-20(32-19)21(29)27-10-8-26(9-11-27)17-5-3-4-16(13-17)22(23,24)25/h3-7,12-13,20H,8-11,14H2,1-2H3. The average molecular weight is 484 g/mol. The molecule has 4 rings (SSSR count). The summed E-state index contributed by atoms with van der Waals surface area (Å²) >= 11 is 0. The summed E-state index contributed by atoms with van der Waals surface area (Å²) in [5.41, 5.74) is 0.986. The zero-order valence-corrected chi connectivity index (χ0v) is 19.0. The molecule has 2 aliphatic rings. The Hall–Kier alpha value is -2.95. The minimum absolute atomic E-state index is 0.137. The van der Waals surface area contributed by atoms with Crippen LogP contribution in [0, 0.1) is 6.92 Å². The van der Waals surface area contributed by atoms with E-state index in [2.05, 4.69) is 0 Å². The van der Waals surface area contributed by atoms with E-state index in [0.717, 1.165) is 24.0 Å². The predicted octanol–water partition coefficient (Wildman–Crippen LogP) is 2.89. The van der Waals surface area contributed by atoms with E-state index in [1.165, 1.54) is 10.4 Å². The van der Waals surface area contributed by atoms with E-state index in [1.807, 2.05) is 6.92 Å². The summed E-state index contributed by atoms with van der Waals surface area (Å²) in [6.45, 7) is 2.98. The molecule has 178 valence electrons. The van der Waals surface area contributed by atoms with Crippen molar-refractivity contribution in [2.75, 3.05) is 48.2 Å². The highest BCUT2D eigenvalue weighted by Crippen LogP contribution is 2.36. The number of amides is 1. The van der Waals surface area contributed by atoms with Gasteiger partial charge in [0.05, 0.1) is 24.1 Å². The van der Waals surface area contributed by atoms with Gasteiger partial charge in [-0.15, -0.1) is 0 Å². The Kier molecular flexibility index (Phi) is 5.94. The highest BCUT2D eigenvalue weighted by atomic mass is 32.2. The third-order valence-electron chi connectivity index (χ3n) is 5.79. The number of rotatable bonds is 3. The molecule has 0 saturated carbocycles. The maximum atomic E-state index is 13.1. The SMILES string of the molecule is Cc1ccc2c(c1)N(S(C)(=O)=O)CC(C(=O)N1CCN(c3cccc(C(F)(F)F)c3)CC1)O2. The first-order valence-corrected chi connectivity index (χ1v) is 12.2. The Bertz CT molecular complexity index is 1160. The minimum Gasteiger partial charge on any atom is -0.476 e. The molecule has 2 aromatic rings. The number of halogens is 3. The number of piperazine rings is 1. The van der Waals surface area contributed by atoms with Crippen molar-refractivity contribution in [3.63, 3.8) is 0 Å². The number of hydrogen-bond donors (Lipinski definition) is 0. The van der Waals surface area contributed by atoms with Crippen LogP contribution in [0.1, 0.15) is 11.1 Å². The molecular weight excluding hydrogens is 459 g/mol. The van der Waals surface area contributed by atoms with E-state index >= 15 is 0 Å². The number of benzene rings is 2. The third-order valence-corrected chi connectivity index (χ3v) is 6.94. The summed E-state index contributed by atoms with van der Waals surface area (Å²) in [5.74, 6) is -0.0307. The van der Waals surface area contributed by atoms with Crippen LogP contribution in [0.3, 0.4) is 0 Å². The molecule has 1 amide bonds. The molecule has 0 bridgehead atoms. The van der Waals surface area contributed by atoms with E-state index in [0.29, 0.717) is 30.2 Å². The van der Waals surface area contributed by atoms with Gasteiger partial charge in [0.25, 0.3) is 5.91 Å². The molecule has 0 N–H and O–H groups in total. The number of anilines is 2. The molecule has 33 heavy (non-hydrogen) atoms. The topological polar surface area (TPSA) is 70.2 Å². The molecular formula is C22H24F3N3O4S. The van der Waals surface area contributed by atoms with Gasteiger partial charge in [-0.25, -0.2) is 8.42 Å². The molecule has 2 heterocycles. The van der Waals surface area contributed by atoms with Crippen molar-refractivity contribution in [2.45, 2.75) is 19.2 Å². The van der Waals surface area contributed by atoms with Gasteiger partial charge in [0.15, 0.2) is 6.10 Å². The van der Waals surface area contributed by atoms with Gasteiger partial charge in [-0.2, -0.15) is 13.2 Å². The first kappa shape index (κ1) is 23.2. The number of ether oxygens (including phenoxy) is 1. The Labute approximate surface area is 190 Å². The number of alkyl halides is 3. The molecule has 0 aromatic heterocycles. The largest absolute Gasteiger partial charge is 0.476 e. The maximum absolute atomic E-state index is 13.1. The van der Waals surface area contributed by atoms with Gasteiger partial charge in [0.1, 0.15) is 5.75 Å². The molecule has 0 aliphatic carbocycles. The van der Waals surface area contributed by atoms with E-state index in [1.54, 1.807) is 34.1 Å². The van der Waals surface area contributed by atoms with Crippen LogP contribution in [0.4, 0.5) is 24.5 Å². The zero-order valence-electron chi connectivity index (χ0n) is 18.2. The van der Waals surface area contributed by atoms with E-state index in [9.17, 15) is 26.4 Å². The highest BCUT2D eigenvalue weighted by Gasteiger charge is 2.38. The van der Waals surface area contributed by atoms with Crippen molar-refractivity contribution < 1.29 is 31.1 Å². The zero-order chi connectivity index (χ0) is 24.0. The van der Waals surface area contributed by atoms with Gasteiger partial charge in [0.2, 0.25) is 10.0 Å². The number of fused-ring (bicyclic) bond motifs is 1. The van der Waals surface area contributed by atoms with Crippen molar-refractivity contribution in [3.05, 3.63) is 53.6 Å². The summed E-state index contributed by atoms with van der Waals surface area (Å²) in [6, 6.07) is 10.2. The van der Waals surface area contributed by atoms with E-state index in [4.69, 9.17) is 4.74 Å². The molecule has 0 spiro atoms. The lowest BCUT2D eigenvalue weighted by Gasteiger charge is -2.40. The van der Waals surface area contributed by atoms with Crippen molar-refractivity contribution >= 4 is 27.3 Å². The Morgan fingerprint density at radius 1 is 1.06 bits per heavy atom. The Morgan fingerprint density at radius 2 is 1.76 bits per heavy atom. The maximum Gasteiger partial charge on any atom is 0.416 e. The number of sulfonamides is 1. The molecule has 0 radical (unpaired) electrons. The van der Waals surface area contributed by atoms with Crippen molar-refractivity contribution in [3.8, 4) is 5.75 Å².